The number of benzene rings is 1. The van der Waals surface area contributed by atoms with Crippen molar-refractivity contribution in [3.63, 3.8) is 0 Å². The highest BCUT2D eigenvalue weighted by Gasteiger charge is 2.23. The van der Waals surface area contributed by atoms with E-state index in [9.17, 15) is 0 Å². The number of rotatable bonds is 5. The van der Waals surface area contributed by atoms with Crippen molar-refractivity contribution < 1.29 is 4.52 Å². The average molecular weight is 361 g/mol. The molecule has 0 radical (unpaired) electrons. The van der Waals surface area contributed by atoms with Gasteiger partial charge in [0.25, 0.3) is 0 Å². The zero-order valence-corrected chi connectivity index (χ0v) is 15.8. The van der Waals surface area contributed by atoms with Crippen LogP contribution in [0.1, 0.15) is 57.1 Å². The molecule has 0 spiro atoms. The molecule has 1 aromatic carbocycles. The monoisotopic (exact) mass is 360 g/mol. The summed E-state index contributed by atoms with van der Waals surface area (Å²) in [5.74, 6) is 1.80. The summed E-state index contributed by atoms with van der Waals surface area (Å²) in [6.07, 6.45) is 12.2. The van der Waals surface area contributed by atoms with E-state index in [0.717, 1.165) is 39.9 Å². The van der Waals surface area contributed by atoms with E-state index in [1.807, 2.05) is 18.2 Å². The highest BCUT2D eigenvalue weighted by molar-refractivity contribution is 6.31. The second kappa shape index (κ2) is 8.09. The van der Waals surface area contributed by atoms with Crippen LogP contribution < -0.4 is 0 Å². The van der Waals surface area contributed by atoms with Crippen LogP contribution in [0.25, 0.3) is 11.0 Å². The van der Waals surface area contributed by atoms with Crippen LogP contribution >= 0.6 is 11.6 Å². The van der Waals surface area contributed by atoms with Gasteiger partial charge in [-0.3, -0.25) is 0 Å². The largest absolute Gasteiger partial charge is 0.356 e. The molecule has 1 saturated carbocycles. The van der Waals surface area contributed by atoms with Crippen molar-refractivity contribution in [2.75, 3.05) is 19.6 Å². The molecule has 0 unspecified atom stereocenters. The van der Waals surface area contributed by atoms with Crippen molar-refractivity contribution in [3.8, 4) is 0 Å². The molecule has 1 aliphatic heterocycles. The fraction of sp³-hybridized carbons (Fsp3) is 0.667. The van der Waals surface area contributed by atoms with Crippen LogP contribution in [0, 0.1) is 11.8 Å². The minimum atomic E-state index is 0.757. The minimum Gasteiger partial charge on any atom is -0.356 e. The zero-order valence-electron chi connectivity index (χ0n) is 15.1. The number of hydrogen-bond donors (Lipinski definition) is 0. The van der Waals surface area contributed by atoms with E-state index in [1.165, 1.54) is 71.0 Å². The van der Waals surface area contributed by atoms with E-state index in [2.05, 4.69) is 10.1 Å². The molecule has 4 rings (SSSR count). The molecule has 0 N–H and O–H groups in total. The van der Waals surface area contributed by atoms with Crippen molar-refractivity contribution in [2.45, 2.75) is 57.8 Å². The molecule has 2 fully saturated rings. The van der Waals surface area contributed by atoms with Crippen LogP contribution in [0.5, 0.6) is 0 Å². The molecule has 1 aliphatic carbocycles. The summed E-state index contributed by atoms with van der Waals surface area (Å²) in [7, 11) is 0. The zero-order chi connectivity index (χ0) is 17.1. The fourth-order valence-electron chi connectivity index (χ4n) is 4.67. The molecule has 4 heteroatoms. The summed E-state index contributed by atoms with van der Waals surface area (Å²) in [6.45, 7) is 3.91. The quantitative estimate of drug-likeness (QED) is 0.684. The molecule has 3 nitrogen and oxygen atoms in total. The summed E-state index contributed by atoms with van der Waals surface area (Å²) in [6, 6.07) is 5.76. The first-order valence-electron chi connectivity index (χ1n) is 10.0. The van der Waals surface area contributed by atoms with E-state index >= 15 is 0 Å². The molecule has 2 heterocycles. The highest BCUT2D eigenvalue weighted by Crippen LogP contribution is 2.29. The lowest BCUT2D eigenvalue weighted by Gasteiger charge is -2.35. The molecular weight excluding hydrogens is 332 g/mol. The maximum atomic E-state index is 6.12. The van der Waals surface area contributed by atoms with Crippen LogP contribution in [-0.4, -0.2) is 29.7 Å². The van der Waals surface area contributed by atoms with E-state index in [0.29, 0.717) is 0 Å². The van der Waals surface area contributed by atoms with Crippen molar-refractivity contribution in [3.05, 3.63) is 28.9 Å². The third-order valence-electron chi connectivity index (χ3n) is 6.24. The number of likely N-dealkylation sites (tertiary alicyclic amines) is 1. The number of halogens is 1. The third-order valence-corrected chi connectivity index (χ3v) is 6.48. The fourth-order valence-corrected chi connectivity index (χ4v) is 4.85. The van der Waals surface area contributed by atoms with Crippen molar-refractivity contribution in [1.82, 2.24) is 10.1 Å². The molecule has 0 atom stereocenters. The van der Waals surface area contributed by atoms with Gasteiger partial charge in [0.05, 0.1) is 5.69 Å². The van der Waals surface area contributed by atoms with Crippen molar-refractivity contribution in [2.24, 2.45) is 11.8 Å². The second-order valence-electron chi connectivity index (χ2n) is 8.06. The Labute approximate surface area is 155 Å². The lowest BCUT2D eigenvalue weighted by Crippen LogP contribution is -2.37. The van der Waals surface area contributed by atoms with Gasteiger partial charge >= 0.3 is 0 Å². The Morgan fingerprint density at radius 2 is 1.84 bits per heavy atom. The number of aromatic nitrogens is 1. The normalized spacial score (nSPS) is 21.2. The summed E-state index contributed by atoms with van der Waals surface area (Å²) >= 11 is 6.12. The van der Waals surface area contributed by atoms with Crippen LogP contribution in [0.2, 0.25) is 5.02 Å². The molecule has 1 saturated heterocycles. The summed E-state index contributed by atoms with van der Waals surface area (Å²) in [4.78, 5) is 2.72. The number of nitrogens with zero attached hydrogens (tertiary/aromatic N) is 2. The Balaban J connectivity index is 1.25. The Kier molecular flexibility index (Phi) is 5.62. The Bertz CT molecular complexity index is 684. The lowest BCUT2D eigenvalue weighted by molar-refractivity contribution is 0.142. The SMILES string of the molecule is Clc1ccc2onc(CCC3CCN(CC4CCCCC4)CC3)c2c1. The molecule has 0 bridgehead atoms. The van der Waals surface area contributed by atoms with Gasteiger partial charge in [0.2, 0.25) is 0 Å². The molecule has 0 amide bonds. The van der Waals surface area contributed by atoms with Gasteiger partial charge in [-0.2, -0.15) is 0 Å². The van der Waals surface area contributed by atoms with E-state index in [4.69, 9.17) is 16.1 Å². The Morgan fingerprint density at radius 1 is 1.04 bits per heavy atom. The van der Waals surface area contributed by atoms with Crippen molar-refractivity contribution >= 4 is 22.6 Å². The Morgan fingerprint density at radius 3 is 2.64 bits per heavy atom. The first-order valence-corrected chi connectivity index (χ1v) is 10.4. The van der Waals surface area contributed by atoms with Crippen LogP contribution in [0.4, 0.5) is 0 Å². The average Bonchev–Trinajstić information content (AvgIpc) is 3.04. The molecular formula is C21H29ClN2O. The van der Waals surface area contributed by atoms with E-state index < -0.39 is 0 Å². The maximum absolute atomic E-state index is 6.12. The summed E-state index contributed by atoms with van der Waals surface area (Å²) in [5, 5.41) is 6.11. The van der Waals surface area contributed by atoms with Crippen LogP contribution in [0.15, 0.2) is 22.7 Å². The topological polar surface area (TPSA) is 29.3 Å². The van der Waals surface area contributed by atoms with Gasteiger partial charge in [-0.1, -0.05) is 36.0 Å². The van der Waals surface area contributed by atoms with Gasteiger partial charge in [0, 0.05) is 17.0 Å². The lowest BCUT2D eigenvalue weighted by atomic mass is 9.87. The van der Waals surface area contributed by atoms with E-state index in [1.54, 1.807) is 0 Å². The number of fused-ring (bicyclic) bond motifs is 1. The third kappa shape index (κ3) is 4.38. The predicted molar refractivity (Wildman–Crippen MR) is 103 cm³/mol. The highest BCUT2D eigenvalue weighted by atomic mass is 35.5. The maximum Gasteiger partial charge on any atom is 0.167 e. The molecule has 2 aromatic rings. The van der Waals surface area contributed by atoms with Gasteiger partial charge < -0.3 is 9.42 Å². The van der Waals surface area contributed by atoms with Gasteiger partial charge in [0.1, 0.15) is 0 Å². The van der Waals surface area contributed by atoms with Gasteiger partial charge in [-0.15, -0.1) is 0 Å². The van der Waals surface area contributed by atoms with Gasteiger partial charge in [-0.05, 0) is 81.6 Å². The molecule has 1 aromatic heterocycles. The standard InChI is InChI=1S/C21H29ClN2O/c22-18-7-9-21-19(14-18)20(23-25-21)8-6-16-10-12-24(13-11-16)15-17-4-2-1-3-5-17/h7,9,14,16-17H,1-6,8,10-13,15H2. The van der Waals surface area contributed by atoms with Crippen LogP contribution in [-0.2, 0) is 6.42 Å². The summed E-state index contributed by atoms with van der Waals surface area (Å²) in [5.41, 5.74) is 1.92. The van der Waals surface area contributed by atoms with Crippen LogP contribution in [0.3, 0.4) is 0 Å². The molecule has 136 valence electrons. The minimum absolute atomic E-state index is 0.757. The Hall–Kier alpha value is -1.06. The number of aryl methyl sites for hydroxylation is 1. The van der Waals surface area contributed by atoms with Gasteiger partial charge in [0.15, 0.2) is 5.58 Å². The molecule has 2 aliphatic rings. The van der Waals surface area contributed by atoms with E-state index in [-0.39, 0.29) is 0 Å². The number of hydrogen-bond acceptors (Lipinski definition) is 3. The predicted octanol–water partition coefficient (Wildman–Crippen LogP) is 5.71. The molecule has 25 heavy (non-hydrogen) atoms. The van der Waals surface area contributed by atoms with Gasteiger partial charge in [-0.25, -0.2) is 0 Å². The first kappa shape index (κ1) is 17.4. The van der Waals surface area contributed by atoms with Crippen molar-refractivity contribution in [1.29, 1.82) is 0 Å². The summed E-state index contributed by atoms with van der Waals surface area (Å²) < 4.78 is 5.43. The number of piperidine rings is 1. The smallest absolute Gasteiger partial charge is 0.167 e. The first-order chi connectivity index (χ1) is 12.3. The second-order valence-corrected chi connectivity index (χ2v) is 8.49.